The van der Waals surface area contributed by atoms with E-state index >= 15 is 0 Å². The summed E-state index contributed by atoms with van der Waals surface area (Å²) in [5.74, 6) is 0.406. The zero-order valence-corrected chi connectivity index (χ0v) is 13.3. The second-order valence-electron chi connectivity index (χ2n) is 5.85. The first-order valence-electron chi connectivity index (χ1n) is 7.58. The molecule has 0 radical (unpaired) electrons. The molecule has 1 saturated carbocycles. The molecular weight excluding hydrogens is 307 g/mol. The Morgan fingerprint density at radius 3 is 2.64 bits per heavy atom. The topological polar surface area (TPSA) is 41.6 Å². The maximum absolute atomic E-state index is 13.0. The Hall–Kier alpha value is -1.17. The summed E-state index contributed by atoms with van der Waals surface area (Å²) in [5.41, 5.74) is 0.953. The molecule has 122 valence electrons. The number of morpholine rings is 1. The number of carbonyl (C=O) groups excluding carboxylic acids is 1. The van der Waals surface area contributed by atoms with Crippen LogP contribution in [0.5, 0.6) is 0 Å². The molecule has 1 heterocycles. The summed E-state index contributed by atoms with van der Waals surface area (Å²) in [6.07, 6.45) is 1.99. The zero-order chi connectivity index (χ0) is 14.7. The highest BCUT2D eigenvalue weighted by Crippen LogP contribution is 2.30. The minimum Gasteiger partial charge on any atom is -0.366 e. The van der Waals surface area contributed by atoms with Gasteiger partial charge in [0.25, 0.3) is 5.91 Å². The molecule has 1 atom stereocenters. The van der Waals surface area contributed by atoms with Gasteiger partial charge in [-0.25, -0.2) is 4.39 Å². The van der Waals surface area contributed by atoms with Crippen LogP contribution in [0.25, 0.3) is 0 Å². The summed E-state index contributed by atoms with van der Waals surface area (Å²) in [6, 6.07) is 6.35. The zero-order valence-electron chi connectivity index (χ0n) is 12.5. The van der Waals surface area contributed by atoms with Crippen molar-refractivity contribution < 1.29 is 13.9 Å². The molecule has 1 N–H and O–H groups in total. The Balaban J connectivity index is 0.00000176. The van der Waals surface area contributed by atoms with Crippen molar-refractivity contribution in [3.63, 3.8) is 0 Å². The first kappa shape index (κ1) is 17.2. The molecule has 1 aliphatic carbocycles. The second kappa shape index (κ2) is 7.90. The molecule has 22 heavy (non-hydrogen) atoms. The van der Waals surface area contributed by atoms with E-state index in [1.807, 2.05) is 4.90 Å². The summed E-state index contributed by atoms with van der Waals surface area (Å²) < 4.78 is 18.6. The number of rotatable bonds is 5. The smallest absolute Gasteiger partial charge is 0.253 e. The Bertz CT molecular complexity index is 487. The number of amides is 1. The van der Waals surface area contributed by atoms with Gasteiger partial charge in [0, 0.05) is 26.2 Å². The van der Waals surface area contributed by atoms with Crippen molar-refractivity contribution in [3.8, 4) is 0 Å². The minimum atomic E-state index is -0.391. The van der Waals surface area contributed by atoms with Crippen molar-refractivity contribution in [2.24, 2.45) is 5.92 Å². The first-order chi connectivity index (χ1) is 10.2. The van der Waals surface area contributed by atoms with Crippen molar-refractivity contribution in [1.82, 2.24) is 10.2 Å². The van der Waals surface area contributed by atoms with Crippen molar-refractivity contribution in [3.05, 3.63) is 35.6 Å². The molecule has 1 aliphatic heterocycles. The number of hydrogen-bond acceptors (Lipinski definition) is 3. The summed E-state index contributed by atoms with van der Waals surface area (Å²) in [7, 11) is 0. The maximum atomic E-state index is 13.0. The molecule has 1 saturated heterocycles. The van der Waals surface area contributed by atoms with E-state index in [-0.39, 0.29) is 24.1 Å². The monoisotopic (exact) mass is 328 g/mol. The third kappa shape index (κ3) is 4.66. The van der Waals surface area contributed by atoms with E-state index in [2.05, 4.69) is 5.32 Å². The molecular formula is C16H22ClFN2O2. The lowest BCUT2D eigenvalue weighted by molar-refractivity contribution is -0.146. The number of nitrogens with zero attached hydrogens (tertiary/aromatic N) is 1. The van der Waals surface area contributed by atoms with E-state index in [4.69, 9.17) is 4.74 Å². The van der Waals surface area contributed by atoms with Crippen LogP contribution in [0.1, 0.15) is 18.4 Å². The minimum absolute atomic E-state index is 0. The van der Waals surface area contributed by atoms with Crippen LogP contribution in [0, 0.1) is 11.7 Å². The maximum Gasteiger partial charge on any atom is 0.253 e. The van der Waals surface area contributed by atoms with Gasteiger partial charge in [0.05, 0.1) is 6.61 Å². The fourth-order valence-corrected chi connectivity index (χ4v) is 2.58. The van der Waals surface area contributed by atoms with E-state index in [0.717, 1.165) is 18.7 Å². The number of hydrogen-bond donors (Lipinski definition) is 1. The normalized spacial score (nSPS) is 21.0. The highest BCUT2D eigenvalue weighted by Gasteiger charge is 2.31. The summed E-state index contributed by atoms with van der Waals surface area (Å²) in [5, 5.41) is 3.19. The number of benzene rings is 1. The fourth-order valence-electron chi connectivity index (χ4n) is 2.58. The molecule has 1 unspecified atom stereocenters. The fraction of sp³-hybridized carbons (Fsp3) is 0.562. The predicted molar refractivity (Wildman–Crippen MR) is 84.4 cm³/mol. The Morgan fingerprint density at radius 2 is 2.05 bits per heavy atom. The molecule has 6 heteroatoms. The van der Waals surface area contributed by atoms with E-state index in [1.54, 1.807) is 12.1 Å². The van der Waals surface area contributed by atoms with Crippen LogP contribution < -0.4 is 5.32 Å². The number of ether oxygens (including phenoxy) is 1. The van der Waals surface area contributed by atoms with E-state index in [0.29, 0.717) is 25.6 Å². The molecule has 4 nitrogen and oxygen atoms in total. The lowest BCUT2D eigenvalue weighted by Crippen LogP contribution is -2.49. The van der Waals surface area contributed by atoms with Crippen LogP contribution in [-0.4, -0.2) is 43.2 Å². The standard InChI is InChI=1S/C16H21FN2O2.ClH/c17-14-5-3-13(4-6-14)11-19(10-12-1-2-12)16(20)15-9-18-7-8-21-15;/h3-6,12,15,18H,1-2,7-11H2;1H. The lowest BCUT2D eigenvalue weighted by atomic mass is 10.1. The first-order valence-corrected chi connectivity index (χ1v) is 7.58. The van der Waals surface area contributed by atoms with E-state index in [9.17, 15) is 9.18 Å². The van der Waals surface area contributed by atoms with Crippen molar-refractivity contribution in [2.75, 3.05) is 26.2 Å². The van der Waals surface area contributed by atoms with Gasteiger partial charge >= 0.3 is 0 Å². The van der Waals surface area contributed by atoms with Crippen LogP contribution in [0.3, 0.4) is 0 Å². The summed E-state index contributed by atoms with van der Waals surface area (Å²) in [6.45, 7) is 3.24. The van der Waals surface area contributed by atoms with Crippen LogP contribution in [0.4, 0.5) is 4.39 Å². The van der Waals surface area contributed by atoms with Crippen molar-refractivity contribution in [2.45, 2.75) is 25.5 Å². The Kier molecular flexibility index (Phi) is 6.17. The average molecular weight is 329 g/mol. The SMILES string of the molecule is Cl.O=C(C1CNCCO1)N(Cc1ccc(F)cc1)CC1CC1. The number of carbonyl (C=O) groups is 1. The third-order valence-corrected chi connectivity index (χ3v) is 3.98. The largest absolute Gasteiger partial charge is 0.366 e. The van der Waals surface area contributed by atoms with Gasteiger partial charge in [-0.15, -0.1) is 12.4 Å². The quantitative estimate of drug-likeness (QED) is 0.898. The third-order valence-electron chi connectivity index (χ3n) is 3.98. The molecule has 2 fully saturated rings. The van der Waals surface area contributed by atoms with Crippen molar-refractivity contribution >= 4 is 18.3 Å². The average Bonchev–Trinajstić information content (AvgIpc) is 3.33. The molecule has 0 bridgehead atoms. The molecule has 0 spiro atoms. The lowest BCUT2D eigenvalue weighted by Gasteiger charge is -2.30. The Labute approximate surface area is 136 Å². The van der Waals surface area contributed by atoms with Crippen LogP contribution >= 0.6 is 12.4 Å². The second-order valence-corrected chi connectivity index (χ2v) is 5.85. The van der Waals surface area contributed by atoms with E-state index < -0.39 is 6.10 Å². The molecule has 1 aromatic carbocycles. The molecule has 2 aliphatic rings. The van der Waals surface area contributed by atoms with Crippen LogP contribution in [0.15, 0.2) is 24.3 Å². The van der Waals surface area contributed by atoms with E-state index in [1.165, 1.54) is 25.0 Å². The summed E-state index contributed by atoms with van der Waals surface area (Å²) >= 11 is 0. The van der Waals surface area contributed by atoms with Crippen LogP contribution in [0.2, 0.25) is 0 Å². The van der Waals surface area contributed by atoms with Gasteiger partial charge in [0.1, 0.15) is 11.9 Å². The van der Waals surface area contributed by atoms with Gasteiger partial charge in [-0.1, -0.05) is 12.1 Å². The predicted octanol–water partition coefficient (Wildman–Crippen LogP) is 1.97. The highest BCUT2D eigenvalue weighted by atomic mass is 35.5. The number of halogens is 2. The molecule has 3 rings (SSSR count). The van der Waals surface area contributed by atoms with Crippen LogP contribution in [-0.2, 0) is 16.1 Å². The van der Waals surface area contributed by atoms with Crippen molar-refractivity contribution in [1.29, 1.82) is 0 Å². The molecule has 0 aromatic heterocycles. The summed E-state index contributed by atoms with van der Waals surface area (Å²) in [4.78, 5) is 14.5. The van der Waals surface area contributed by atoms with Gasteiger partial charge in [0.2, 0.25) is 0 Å². The number of nitrogens with one attached hydrogen (secondary N) is 1. The highest BCUT2D eigenvalue weighted by molar-refractivity contribution is 5.85. The molecule has 1 aromatic rings. The molecule has 1 amide bonds. The van der Waals surface area contributed by atoms with Gasteiger partial charge in [-0.3, -0.25) is 4.79 Å². The Morgan fingerprint density at radius 1 is 1.32 bits per heavy atom. The van der Waals surface area contributed by atoms with Gasteiger partial charge in [-0.2, -0.15) is 0 Å². The van der Waals surface area contributed by atoms with Gasteiger partial charge < -0.3 is 15.0 Å². The van der Waals surface area contributed by atoms with Gasteiger partial charge in [-0.05, 0) is 36.5 Å². The van der Waals surface area contributed by atoms with Gasteiger partial charge in [0.15, 0.2) is 0 Å².